The molecule has 1 unspecified atom stereocenters. The van der Waals surface area contributed by atoms with E-state index >= 15 is 0 Å². The van der Waals surface area contributed by atoms with Crippen LogP contribution in [0.1, 0.15) is 27.6 Å². The summed E-state index contributed by atoms with van der Waals surface area (Å²) in [5.74, 6) is 0. The van der Waals surface area contributed by atoms with E-state index in [9.17, 15) is 0 Å². The second kappa shape index (κ2) is 4.58. The topological polar surface area (TPSA) is 26.0 Å². The maximum atomic E-state index is 6.25. The summed E-state index contributed by atoms with van der Waals surface area (Å²) >= 11 is 7.77. The lowest BCUT2D eigenvalue weighted by Gasteiger charge is -2.13. The molecule has 2 aromatic rings. The molecule has 1 atom stereocenters. The maximum absolute atomic E-state index is 6.25. The molecule has 2 rings (SSSR count). The lowest BCUT2D eigenvalue weighted by atomic mass is 9.99. The lowest BCUT2D eigenvalue weighted by molar-refractivity contribution is 0.868. The smallest absolute Gasteiger partial charge is 0.0563 e. The van der Waals surface area contributed by atoms with Crippen molar-refractivity contribution in [3.05, 3.63) is 56.2 Å². The van der Waals surface area contributed by atoms with Crippen molar-refractivity contribution < 1.29 is 0 Å². The summed E-state index contributed by atoms with van der Waals surface area (Å²) in [4.78, 5) is 1.27. The number of benzene rings is 1. The number of hydrogen-bond acceptors (Lipinski definition) is 2. The Balaban J connectivity index is 2.41. The third-order valence-corrected chi connectivity index (χ3v) is 3.74. The fourth-order valence-corrected chi connectivity index (χ4v) is 2.89. The van der Waals surface area contributed by atoms with Gasteiger partial charge in [-0.2, -0.15) is 0 Å². The molecule has 84 valence electrons. The van der Waals surface area contributed by atoms with Crippen LogP contribution in [-0.4, -0.2) is 0 Å². The van der Waals surface area contributed by atoms with Gasteiger partial charge in [-0.25, -0.2) is 0 Å². The quantitative estimate of drug-likeness (QED) is 0.856. The van der Waals surface area contributed by atoms with E-state index in [1.807, 2.05) is 19.1 Å². The Morgan fingerprint density at radius 1 is 1.25 bits per heavy atom. The second-order valence-corrected chi connectivity index (χ2v) is 5.53. The van der Waals surface area contributed by atoms with Gasteiger partial charge in [-0.15, -0.1) is 11.3 Å². The molecule has 0 saturated heterocycles. The summed E-state index contributed by atoms with van der Waals surface area (Å²) in [6.07, 6.45) is 0. The Hall–Kier alpha value is -0.830. The number of aryl methyl sites for hydroxylation is 2. The van der Waals surface area contributed by atoms with Gasteiger partial charge in [-0.1, -0.05) is 17.7 Å². The van der Waals surface area contributed by atoms with Gasteiger partial charge in [0.1, 0.15) is 0 Å². The number of rotatable bonds is 2. The maximum Gasteiger partial charge on any atom is 0.0563 e. The molecule has 0 spiro atoms. The highest BCUT2D eigenvalue weighted by atomic mass is 35.5. The van der Waals surface area contributed by atoms with Gasteiger partial charge in [0.05, 0.1) is 6.04 Å². The van der Waals surface area contributed by atoms with E-state index in [1.165, 1.54) is 10.4 Å². The molecule has 1 aromatic carbocycles. The number of hydrogen-bond donors (Lipinski definition) is 1. The van der Waals surface area contributed by atoms with E-state index in [0.29, 0.717) is 0 Å². The first-order valence-electron chi connectivity index (χ1n) is 5.14. The van der Waals surface area contributed by atoms with Crippen LogP contribution in [0, 0.1) is 13.8 Å². The molecule has 0 amide bonds. The van der Waals surface area contributed by atoms with Crippen LogP contribution < -0.4 is 5.73 Å². The van der Waals surface area contributed by atoms with Gasteiger partial charge < -0.3 is 5.73 Å². The number of halogens is 1. The molecular formula is C13H14ClNS. The average molecular weight is 252 g/mol. The molecule has 1 nitrogen and oxygen atoms in total. The zero-order valence-electron chi connectivity index (χ0n) is 9.33. The van der Waals surface area contributed by atoms with Crippen LogP contribution in [0.15, 0.2) is 29.6 Å². The molecule has 1 aromatic heterocycles. The summed E-state index contributed by atoms with van der Waals surface area (Å²) in [5.41, 5.74) is 9.65. The summed E-state index contributed by atoms with van der Waals surface area (Å²) in [7, 11) is 0. The second-order valence-electron chi connectivity index (χ2n) is 3.97. The number of nitrogens with two attached hydrogens (primary N) is 1. The molecule has 0 radical (unpaired) electrons. The fraction of sp³-hybridized carbons (Fsp3) is 0.231. The van der Waals surface area contributed by atoms with Crippen molar-refractivity contribution in [2.75, 3.05) is 0 Å². The molecule has 0 bridgehead atoms. The Bertz CT molecular complexity index is 484. The zero-order chi connectivity index (χ0) is 11.7. The van der Waals surface area contributed by atoms with Gasteiger partial charge in [0.25, 0.3) is 0 Å². The molecule has 0 aliphatic carbocycles. The van der Waals surface area contributed by atoms with Crippen molar-refractivity contribution >= 4 is 22.9 Å². The molecule has 16 heavy (non-hydrogen) atoms. The highest BCUT2D eigenvalue weighted by molar-refractivity contribution is 7.10. The normalized spacial score (nSPS) is 12.8. The zero-order valence-corrected chi connectivity index (χ0v) is 10.9. The Morgan fingerprint density at radius 3 is 2.56 bits per heavy atom. The van der Waals surface area contributed by atoms with E-state index < -0.39 is 0 Å². The molecule has 0 aliphatic heterocycles. The predicted molar refractivity (Wildman–Crippen MR) is 71.3 cm³/mol. The molecule has 3 heteroatoms. The lowest BCUT2D eigenvalue weighted by Crippen LogP contribution is -2.12. The predicted octanol–water partition coefficient (Wildman–Crippen LogP) is 4.07. The van der Waals surface area contributed by atoms with Gasteiger partial charge in [0.2, 0.25) is 0 Å². The van der Waals surface area contributed by atoms with E-state index in [-0.39, 0.29) is 6.04 Å². The van der Waals surface area contributed by atoms with E-state index in [4.69, 9.17) is 17.3 Å². The van der Waals surface area contributed by atoms with Crippen LogP contribution in [0.5, 0.6) is 0 Å². The van der Waals surface area contributed by atoms with Crippen molar-refractivity contribution in [2.45, 2.75) is 19.9 Å². The Morgan fingerprint density at radius 2 is 2.00 bits per heavy atom. The minimum absolute atomic E-state index is 0.0800. The molecule has 0 fully saturated rings. The first kappa shape index (κ1) is 11.6. The van der Waals surface area contributed by atoms with E-state index in [2.05, 4.69) is 24.4 Å². The van der Waals surface area contributed by atoms with Crippen LogP contribution in [0.3, 0.4) is 0 Å². The van der Waals surface area contributed by atoms with E-state index in [1.54, 1.807) is 11.3 Å². The Kier molecular flexibility index (Phi) is 3.33. The van der Waals surface area contributed by atoms with Gasteiger partial charge >= 0.3 is 0 Å². The van der Waals surface area contributed by atoms with Crippen LogP contribution in [-0.2, 0) is 0 Å². The summed E-state index contributed by atoms with van der Waals surface area (Å²) in [6.45, 7) is 4.12. The van der Waals surface area contributed by atoms with Gasteiger partial charge in [-0.05, 0) is 54.1 Å². The van der Waals surface area contributed by atoms with Gasteiger partial charge in [0.15, 0.2) is 0 Å². The van der Waals surface area contributed by atoms with E-state index in [0.717, 1.165) is 16.1 Å². The SMILES string of the molecule is Cc1cc(Cl)cc(C(N)c2ccsc2C)c1. The molecular weight excluding hydrogens is 238 g/mol. The summed E-state index contributed by atoms with van der Waals surface area (Å²) in [5, 5.41) is 2.82. The third kappa shape index (κ3) is 2.29. The van der Waals surface area contributed by atoms with Crippen molar-refractivity contribution in [2.24, 2.45) is 5.73 Å². The Labute approximate surface area is 105 Å². The number of thiophene rings is 1. The van der Waals surface area contributed by atoms with Crippen LogP contribution in [0.4, 0.5) is 0 Å². The minimum Gasteiger partial charge on any atom is -0.320 e. The third-order valence-electron chi connectivity index (χ3n) is 2.66. The molecule has 1 heterocycles. The highest BCUT2D eigenvalue weighted by Crippen LogP contribution is 2.28. The average Bonchev–Trinajstić information content (AvgIpc) is 2.62. The minimum atomic E-state index is -0.0800. The van der Waals surface area contributed by atoms with Gasteiger partial charge in [-0.3, -0.25) is 0 Å². The van der Waals surface area contributed by atoms with Crippen LogP contribution in [0.2, 0.25) is 5.02 Å². The van der Waals surface area contributed by atoms with Gasteiger partial charge in [0, 0.05) is 9.90 Å². The first-order valence-corrected chi connectivity index (χ1v) is 6.40. The monoisotopic (exact) mass is 251 g/mol. The highest BCUT2D eigenvalue weighted by Gasteiger charge is 2.13. The fourth-order valence-electron chi connectivity index (χ4n) is 1.84. The largest absolute Gasteiger partial charge is 0.320 e. The first-order chi connectivity index (χ1) is 7.58. The standard InChI is InChI=1S/C13H14ClNS/c1-8-5-10(7-11(14)6-8)13(15)12-3-4-16-9(12)2/h3-7,13H,15H2,1-2H3. The summed E-state index contributed by atoms with van der Waals surface area (Å²) < 4.78 is 0. The van der Waals surface area contributed by atoms with Crippen LogP contribution >= 0.6 is 22.9 Å². The molecule has 0 saturated carbocycles. The molecule has 0 aliphatic rings. The summed E-state index contributed by atoms with van der Waals surface area (Å²) in [6, 6.07) is 7.98. The molecule has 2 N–H and O–H groups in total. The van der Waals surface area contributed by atoms with Crippen molar-refractivity contribution in [1.82, 2.24) is 0 Å². The van der Waals surface area contributed by atoms with Crippen molar-refractivity contribution in [3.8, 4) is 0 Å². The van der Waals surface area contributed by atoms with Crippen LogP contribution in [0.25, 0.3) is 0 Å². The van der Waals surface area contributed by atoms with Crippen molar-refractivity contribution in [1.29, 1.82) is 0 Å². The van der Waals surface area contributed by atoms with Crippen molar-refractivity contribution in [3.63, 3.8) is 0 Å².